The molecule has 0 aromatic carbocycles. The molecule has 5 rings (SSSR count). The van der Waals surface area contributed by atoms with Gasteiger partial charge in [0.2, 0.25) is 17.7 Å². The van der Waals surface area contributed by atoms with Crippen LogP contribution in [0, 0.1) is 0 Å². The van der Waals surface area contributed by atoms with Crippen LogP contribution in [-0.4, -0.2) is 61.7 Å². The maximum absolute atomic E-state index is 12.8. The number of amides is 3. The van der Waals surface area contributed by atoms with E-state index in [2.05, 4.69) is 20.2 Å². The number of carbonyl (C=O) groups is 3. The van der Waals surface area contributed by atoms with E-state index in [0.29, 0.717) is 61.7 Å². The summed E-state index contributed by atoms with van der Waals surface area (Å²) in [6.45, 7) is 2.12. The zero-order chi connectivity index (χ0) is 21.6. The van der Waals surface area contributed by atoms with Crippen molar-refractivity contribution >= 4 is 17.7 Å². The Morgan fingerprint density at radius 3 is 2.74 bits per heavy atom. The predicted octanol–water partition coefficient (Wildman–Crippen LogP) is 0.314. The molecule has 2 N–H and O–H groups in total. The fourth-order valence-electron chi connectivity index (χ4n) is 4.55. The van der Waals surface area contributed by atoms with Crippen LogP contribution >= 0.6 is 0 Å². The number of pyridine rings is 1. The van der Waals surface area contributed by atoms with Crippen LogP contribution in [-0.2, 0) is 28.3 Å². The van der Waals surface area contributed by atoms with Gasteiger partial charge in [0.15, 0.2) is 0 Å². The Hall–Kier alpha value is -3.11. The lowest BCUT2D eigenvalue weighted by atomic mass is 9.87. The molecule has 1 atom stereocenters. The summed E-state index contributed by atoms with van der Waals surface area (Å²) in [5, 5.41) is 13.5. The highest BCUT2D eigenvalue weighted by molar-refractivity contribution is 6.05. The number of likely N-dealkylation sites (tertiary alicyclic amines) is 1. The Balaban J connectivity index is 1.29. The fourth-order valence-corrected chi connectivity index (χ4v) is 4.55. The normalized spacial score (nSPS) is 23.7. The molecular weight excluding hydrogens is 402 g/mol. The summed E-state index contributed by atoms with van der Waals surface area (Å²) in [5.41, 5.74) is 0.467. The van der Waals surface area contributed by atoms with E-state index in [0.717, 1.165) is 0 Å². The van der Waals surface area contributed by atoms with Crippen LogP contribution in [0.4, 0.5) is 0 Å². The average Bonchev–Trinajstić information content (AvgIpc) is 3.38. The maximum atomic E-state index is 12.8. The third-order valence-electron chi connectivity index (χ3n) is 6.37. The second-order valence-corrected chi connectivity index (χ2v) is 8.32. The summed E-state index contributed by atoms with van der Waals surface area (Å²) in [6.07, 6.45) is 4.68. The van der Waals surface area contributed by atoms with Crippen molar-refractivity contribution in [1.29, 1.82) is 0 Å². The van der Waals surface area contributed by atoms with Crippen LogP contribution in [0.1, 0.15) is 53.3 Å². The molecule has 0 spiro atoms. The molecule has 162 valence electrons. The molecule has 2 aromatic rings. The number of nitrogens with zero attached hydrogens (tertiary/aromatic N) is 4. The minimum absolute atomic E-state index is 0.195. The van der Waals surface area contributed by atoms with Crippen molar-refractivity contribution in [3.8, 4) is 0 Å². The van der Waals surface area contributed by atoms with Crippen molar-refractivity contribution in [3.63, 3.8) is 0 Å². The predicted molar refractivity (Wildman–Crippen MR) is 105 cm³/mol. The lowest BCUT2D eigenvalue weighted by molar-refractivity contribution is -0.136. The zero-order valence-corrected chi connectivity index (χ0v) is 16.9. The SMILES string of the molecule is O=C1CCC(N2Cc3nc(C4(O)CCN(Cc5ncco5)CC4)ccc3C2=O)C(=O)N1. The lowest BCUT2D eigenvalue weighted by Gasteiger charge is -2.37. The van der Waals surface area contributed by atoms with E-state index in [1.165, 1.54) is 4.90 Å². The van der Waals surface area contributed by atoms with Gasteiger partial charge in [-0.15, -0.1) is 0 Å². The Morgan fingerprint density at radius 1 is 1.23 bits per heavy atom. The van der Waals surface area contributed by atoms with Crippen molar-refractivity contribution in [1.82, 2.24) is 25.1 Å². The minimum Gasteiger partial charge on any atom is -0.448 e. The number of piperidine rings is 2. The number of nitrogens with one attached hydrogen (secondary N) is 1. The largest absolute Gasteiger partial charge is 0.448 e. The zero-order valence-electron chi connectivity index (χ0n) is 16.9. The highest BCUT2D eigenvalue weighted by atomic mass is 16.3. The van der Waals surface area contributed by atoms with E-state index in [1.807, 2.05) is 0 Å². The van der Waals surface area contributed by atoms with Gasteiger partial charge in [0.25, 0.3) is 5.91 Å². The molecule has 0 aliphatic carbocycles. The van der Waals surface area contributed by atoms with Crippen molar-refractivity contribution in [3.05, 3.63) is 47.4 Å². The first-order valence-electron chi connectivity index (χ1n) is 10.4. The molecule has 0 saturated carbocycles. The van der Waals surface area contributed by atoms with E-state index in [9.17, 15) is 19.5 Å². The van der Waals surface area contributed by atoms with Gasteiger partial charge >= 0.3 is 0 Å². The van der Waals surface area contributed by atoms with Gasteiger partial charge in [0.05, 0.1) is 36.2 Å². The van der Waals surface area contributed by atoms with Crippen LogP contribution in [0.25, 0.3) is 0 Å². The molecule has 31 heavy (non-hydrogen) atoms. The molecule has 3 aliphatic heterocycles. The molecular formula is C21H23N5O5. The fraction of sp³-hybridized carbons (Fsp3) is 0.476. The Labute approximate surface area is 178 Å². The smallest absolute Gasteiger partial charge is 0.256 e. The monoisotopic (exact) mass is 425 g/mol. The summed E-state index contributed by atoms with van der Waals surface area (Å²) in [6, 6.07) is 2.71. The molecule has 10 nitrogen and oxygen atoms in total. The summed E-state index contributed by atoms with van der Waals surface area (Å²) in [4.78, 5) is 48.8. The Morgan fingerprint density at radius 2 is 2.03 bits per heavy atom. The van der Waals surface area contributed by atoms with Crippen LogP contribution in [0.15, 0.2) is 29.0 Å². The van der Waals surface area contributed by atoms with Gasteiger partial charge in [-0.1, -0.05) is 0 Å². The highest BCUT2D eigenvalue weighted by Gasteiger charge is 2.41. The second kappa shape index (κ2) is 7.54. The van der Waals surface area contributed by atoms with Gasteiger partial charge in [-0.05, 0) is 31.4 Å². The topological polar surface area (TPSA) is 129 Å². The van der Waals surface area contributed by atoms with Gasteiger partial charge in [-0.25, -0.2) is 4.98 Å². The van der Waals surface area contributed by atoms with Crippen LogP contribution in [0.2, 0.25) is 0 Å². The van der Waals surface area contributed by atoms with Crippen LogP contribution < -0.4 is 5.32 Å². The number of carbonyl (C=O) groups excluding carboxylic acids is 3. The van der Waals surface area contributed by atoms with Crippen molar-refractivity contribution in [2.45, 2.75) is 50.4 Å². The molecule has 1 unspecified atom stereocenters. The molecule has 10 heteroatoms. The summed E-state index contributed by atoms with van der Waals surface area (Å²) < 4.78 is 5.30. The molecule has 5 heterocycles. The number of oxazole rings is 1. The number of hydrogen-bond acceptors (Lipinski definition) is 8. The third-order valence-corrected chi connectivity index (χ3v) is 6.37. The molecule has 3 aliphatic rings. The van der Waals surface area contributed by atoms with Crippen molar-refractivity contribution < 1.29 is 23.9 Å². The first-order valence-corrected chi connectivity index (χ1v) is 10.4. The maximum Gasteiger partial charge on any atom is 0.256 e. The lowest BCUT2D eigenvalue weighted by Crippen LogP contribution is -2.52. The number of aliphatic hydroxyl groups is 1. The highest BCUT2D eigenvalue weighted by Crippen LogP contribution is 2.34. The number of rotatable bonds is 4. The standard InChI is InChI=1S/C21H23N5O5/c27-17-4-2-15(19(28)24-17)26-11-14-13(20(26)29)1-3-16(23-14)21(30)5-8-25(9-6-21)12-18-22-7-10-31-18/h1,3,7,10,15,30H,2,4-6,8-9,11-12H2,(H,24,27,28). The third kappa shape index (κ3) is 3.61. The Kier molecular flexibility index (Phi) is 4.82. The molecule has 2 aromatic heterocycles. The van der Waals surface area contributed by atoms with E-state index >= 15 is 0 Å². The molecule has 2 saturated heterocycles. The number of fused-ring (bicyclic) bond motifs is 1. The number of hydrogen-bond donors (Lipinski definition) is 2. The van der Waals surface area contributed by atoms with E-state index in [-0.39, 0.29) is 24.8 Å². The summed E-state index contributed by atoms with van der Waals surface area (Å²) >= 11 is 0. The van der Waals surface area contributed by atoms with Crippen molar-refractivity contribution in [2.24, 2.45) is 0 Å². The molecule has 2 fully saturated rings. The first-order chi connectivity index (χ1) is 14.9. The van der Waals surface area contributed by atoms with E-state index in [4.69, 9.17) is 4.42 Å². The van der Waals surface area contributed by atoms with Gasteiger partial charge < -0.3 is 14.4 Å². The van der Waals surface area contributed by atoms with Gasteiger partial charge in [-0.3, -0.25) is 29.6 Å². The molecule has 0 radical (unpaired) electrons. The van der Waals surface area contributed by atoms with E-state index in [1.54, 1.807) is 24.6 Å². The Bertz CT molecular complexity index is 1030. The first kappa shape index (κ1) is 19.8. The second-order valence-electron chi connectivity index (χ2n) is 8.32. The molecule has 3 amide bonds. The van der Waals surface area contributed by atoms with Crippen molar-refractivity contribution in [2.75, 3.05) is 13.1 Å². The van der Waals surface area contributed by atoms with Gasteiger partial charge in [0.1, 0.15) is 17.9 Å². The molecule has 0 bridgehead atoms. The number of aromatic nitrogens is 2. The van der Waals surface area contributed by atoms with Crippen LogP contribution in [0.3, 0.4) is 0 Å². The summed E-state index contributed by atoms with van der Waals surface area (Å²) in [7, 11) is 0. The average molecular weight is 425 g/mol. The minimum atomic E-state index is -1.08. The quantitative estimate of drug-likeness (QED) is 0.670. The summed E-state index contributed by atoms with van der Waals surface area (Å²) in [5.74, 6) is -0.388. The van der Waals surface area contributed by atoms with Crippen LogP contribution in [0.5, 0.6) is 0 Å². The number of imide groups is 1. The van der Waals surface area contributed by atoms with E-state index < -0.39 is 17.6 Å². The van der Waals surface area contributed by atoms with Gasteiger partial charge in [-0.2, -0.15) is 0 Å². The van der Waals surface area contributed by atoms with Gasteiger partial charge in [0, 0.05) is 19.5 Å².